The van der Waals surface area contributed by atoms with Gasteiger partial charge < -0.3 is 9.73 Å². The van der Waals surface area contributed by atoms with Crippen LogP contribution in [0.1, 0.15) is 23.4 Å². The number of aryl methyl sites for hydroxylation is 1. The number of amides is 1. The van der Waals surface area contributed by atoms with Crippen molar-refractivity contribution in [2.45, 2.75) is 26.1 Å². The molecular weight excluding hydrogens is 421 g/mol. The van der Waals surface area contributed by atoms with E-state index in [-0.39, 0.29) is 12.5 Å². The number of carbonyl (C=O) groups excluding carboxylic acids is 1. The Kier molecular flexibility index (Phi) is 6.48. The third-order valence-corrected chi connectivity index (χ3v) is 5.49. The van der Waals surface area contributed by atoms with Crippen LogP contribution in [0.25, 0.3) is 11.1 Å². The van der Waals surface area contributed by atoms with Crippen molar-refractivity contribution >= 4 is 22.7 Å². The normalized spacial score (nSPS) is 16.2. The first-order valence-electron chi connectivity index (χ1n) is 10.5. The fraction of sp³-hybridized carbons (Fsp3) is 0.391. The zero-order chi connectivity index (χ0) is 22.7. The van der Waals surface area contributed by atoms with E-state index in [0.29, 0.717) is 24.7 Å². The monoisotopic (exact) mass is 446 g/mol. The van der Waals surface area contributed by atoms with Gasteiger partial charge in [-0.3, -0.25) is 14.6 Å². The van der Waals surface area contributed by atoms with Gasteiger partial charge in [-0.25, -0.2) is 4.98 Å². The molecular formula is C23H25F3N4O2. The Hall–Kier alpha value is -2.91. The van der Waals surface area contributed by atoms with Crippen LogP contribution in [-0.4, -0.2) is 53.4 Å². The summed E-state index contributed by atoms with van der Waals surface area (Å²) >= 11 is 0. The average molecular weight is 446 g/mol. The van der Waals surface area contributed by atoms with E-state index in [9.17, 15) is 18.0 Å². The number of hydrogen-bond acceptors (Lipinski definition) is 5. The molecule has 1 N–H and O–H groups in total. The molecule has 1 fully saturated rings. The minimum absolute atomic E-state index is 0.191. The van der Waals surface area contributed by atoms with Crippen LogP contribution in [0.3, 0.4) is 0 Å². The van der Waals surface area contributed by atoms with E-state index in [4.69, 9.17) is 4.42 Å². The first-order chi connectivity index (χ1) is 15.3. The lowest BCUT2D eigenvalue weighted by molar-refractivity contribution is -0.137. The number of halogens is 3. The lowest BCUT2D eigenvalue weighted by Gasteiger charge is -2.20. The molecule has 1 aliphatic heterocycles. The fourth-order valence-electron chi connectivity index (χ4n) is 3.83. The summed E-state index contributed by atoms with van der Waals surface area (Å²) in [4.78, 5) is 21.2. The summed E-state index contributed by atoms with van der Waals surface area (Å²) in [5.74, 6) is 0.437. The highest BCUT2D eigenvalue weighted by Crippen LogP contribution is 2.29. The van der Waals surface area contributed by atoms with E-state index in [0.717, 1.165) is 54.9 Å². The van der Waals surface area contributed by atoms with E-state index in [1.807, 2.05) is 25.1 Å². The first-order valence-corrected chi connectivity index (χ1v) is 10.5. The number of aromatic nitrogens is 1. The molecule has 0 saturated carbocycles. The molecule has 0 unspecified atom stereocenters. The molecule has 1 saturated heterocycles. The Morgan fingerprint density at radius 3 is 2.53 bits per heavy atom. The molecule has 2 aromatic carbocycles. The third-order valence-electron chi connectivity index (χ3n) is 5.49. The number of carbonyl (C=O) groups is 1. The number of hydrogen-bond donors (Lipinski definition) is 1. The number of nitrogens with zero attached hydrogens (tertiary/aromatic N) is 3. The summed E-state index contributed by atoms with van der Waals surface area (Å²) in [5.41, 5.74) is 2.38. The zero-order valence-electron chi connectivity index (χ0n) is 17.8. The maximum absolute atomic E-state index is 12.7. The van der Waals surface area contributed by atoms with Crippen molar-refractivity contribution in [2.75, 3.05) is 38.0 Å². The van der Waals surface area contributed by atoms with E-state index in [1.165, 1.54) is 12.1 Å². The van der Waals surface area contributed by atoms with E-state index >= 15 is 0 Å². The SMILES string of the molecule is Cc1ccc2nc(CN3CCCN(CC(=O)Nc4ccc(C(F)(F)F)cc4)CC3)oc2c1. The van der Waals surface area contributed by atoms with Gasteiger partial charge in [0, 0.05) is 18.8 Å². The molecule has 0 bridgehead atoms. The van der Waals surface area contributed by atoms with Gasteiger partial charge in [-0.15, -0.1) is 0 Å². The summed E-state index contributed by atoms with van der Waals surface area (Å²) in [5, 5.41) is 2.67. The molecule has 1 amide bonds. The second-order valence-corrected chi connectivity index (χ2v) is 8.11. The number of nitrogens with one attached hydrogen (secondary N) is 1. The van der Waals surface area contributed by atoms with Crippen LogP contribution in [0, 0.1) is 6.92 Å². The second-order valence-electron chi connectivity index (χ2n) is 8.11. The molecule has 1 aliphatic rings. The number of benzene rings is 2. The third kappa shape index (κ3) is 5.66. The van der Waals surface area contributed by atoms with Gasteiger partial charge in [0.1, 0.15) is 5.52 Å². The number of rotatable bonds is 5. The minimum Gasteiger partial charge on any atom is -0.439 e. The molecule has 2 heterocycles. The second kappa shape index (κ2) is 9.30. The minimum atomic E-state index is -4.39. The maximum Gasteiger partial charge on any atom is 0.416 e. The summed E-state index contributed by atoms with van der Waals surface area (Å²) in [6, 6.07) is 10.4. The summed E-state index contributed by atoms with van der Waals surface area (Å²) in [7, 11) is 0. The predicted octanol–water partition coefficient (Wildman–Crippen LogP) is 4.30. The Morgan fingerprint density at radius 1 is 1.06 bits per heavy atom. The first kappa shape index (κ1) is 22.3. The molecule has 0 aliphatic carbocycles. The number of fused-ring (bicyclic) bond motifs is 1. The van der Waals surface area contributed by atoms with Crippen LogP contribution in [-0.2, 0) is 17.5 Å². The Labute approximate surface area is 184 Å². The van der Waals surface area contributed by atoms with Crippen molar-refractivity contribution in [1.82, 2.24) is 14.8 Å². The number of oxazole rings is 1. The molecule has 0 radical (unpaired) electrons. The van der Waals surface area contributed by atoms with Crippen LogP contribution < -0.4 is 5.32 Å². The van der Waals surface area contributed by atoms with Gasteiger partial charge in [0.2, 0.25) is 11.8 Å². The van der Waals surface area contributed by atoms with Crippen molar-refractivity contribution in [3.8, 4) is 0 Å². The van der Waals surface area contributed by atoms with Gasteiger partial charge in [0.15, 0.2) is 5.58 Å². The molecule has 6 nitrogen and oxygen atoms in total. The van der Waals surface area contributed by atoms with Crippen LogP contribution in [0.15, 0.2) is 46.9 Å². The standard InChI is InChI=1S/C23H25F3N4O2/c1-16-3-8-19-20(13-16)32-22(28-19)15-30-10-2-9-29(11-12-30)14-21(31)27-18-6-4-17(5-7-18)23(24,25)26/h3-8,13H,2,9-12,14-15H2,1H3,(H,27,31). The molecule has 0 spiro atoms. The van der Waals surface area contributed by atoms with Gasteiger partial charge in [-0.05, 0) is 68.4 Å². The van der Waals surface area contributed by atoms with Crippen molar-refractivity contribution in [3.05, 3.63) is 59.5 Å². The van der Waals surface area contributed by atoms with Gasteiger partial charge in [0.25, 0.3) is 0 Å². The van der Waals surface area contributed by atoms with Crippen molar-refractivity contribution in [2.24, 2.45) is 0 Å². The topological polar surface area (TPSA) is 61.6 Å². The maximum atomic E-state index is 12.7. The van der Waals surface area contributed by atoms with E-state index < -0.39 is 11.7 Å². The van der Waals surface area contributed by atoms with Gasteiger partial charge in [-0.2, -0.15) is 13.2 Å². The average Bonchev–Trinajstić information content (AvgIpc) is 2.99. The number of alkyl halides is 3. The van der Waals surface area contributed by atoms with Crippen LogP contribution in [0.2, 0.25) is 0 Å². The summed E-state index contributed by atoms with van der Waals surface area (Å²) < 4.78 is 43.9. The smallest absolute Gasteiger partial charge is 0.416 e. The fourth-order valence-corrected chi connectivity index (χ4v) is 3.83. The Morgan fingerprint density at radius 2 is 1.78 bits per heavy atom. The zero-order valence-corrected chi connectivity index (χ0v) is 17.8. The molecule has 32 heavy (non-hydrogen) atoms. The molecule has 3 aromatic rings. The Bertz CT molecular complexity index is 1080. The summed E-state index contributed by atoms with van der Waals surface area (Å²) in [6.07, 6.45) is -3.50. The van der Waals surface area contributed by atoms with Gasteiger partial charge >= 0.3 is 6.18 Å². The van der Waals surface area contributed by atoms with Crippen molar-refractivity contribution in [1.29, 1.82) is 0 Å². The van der Waals surface area contributed by atoms with Crippen molar-refractivity contribution < 1.29 is 22.4 Å². The van der Waals surface area contributed by atoms with Crippen LogP contribution >= 0.6 is 0 Å². The highest BCUT2D eigenvalue weighted by molar-refractivity contribution is 5.92. The summed E-state index contributed by atoms with van der Waals surface area (Å²) in [6.45, 7) is 5.93. The lowest BCUT2D eigenvalue weighted by Crippen LogP contribution is -2.36. The highest BCUT2D eigenvalue weighted by Gasteiger charge is 2.30. The Balaban J connectivity index is 1.27. The molecule has 1 aromatic heterocycles. The van der Waals surface area contributed by atoms with Crippen molar-refractivity contribution in [3.63, 3.8) is 0 Å². The quantitative estimate of drug-likeness (QED) is 0.633. The van der Waals surface area contributed by atoms with E-state index in [1.54, 1.807) is 0 Å². The predicted molar refractivity (Wildman–Crippen MR) is 115 cm³/mol. The highest BCUT2D eigenvalue weighted by atomic mass is 19.4. The lowest BCUT2D eigenvalue weighted by atomic mass is 10.2. The molecule has 9 heteroatoms. The van der Waals surface area contributed by atoms with Gasteiger partial charge in [-0.1, -0.05) is 6.07 Å². The largest absolute Gasteiger partial charge is 0.439 e. The van der Waals surface area contributed by atoms with Crippen LogP contribution in [0.5, 0.6) is 0 Å². The molecule has 4 rings (SSSR count). The number of anilines is 1. The molecule has 0 atom stereocenters. The van der Waals surface area contributed by atoms with Gasteiger partial charge in [0.05, 0.1) is 18.7 Å². The van der Waals surface area contributed by atoms with E-state index in [2.05, 4.69) is 20.1 Å². The van der Waals surface area contributed by atoms with Crippen LogP contribution in [0.4, 0.5) is 18.9 Å². The molecule has 170 valence electrons.